The van der Waals surface area contributed by atoms with Gasteiger partial charge in [-0.05, 0) is 77.4 Å². The van der Waals surface area contributed by atoms with Crippen molar-refractivity contribution < 1.29 is 9.47 Å². The van der Waals surface area contributed by atoms with E-state index in [1.54, 1.807) is 0 Å². The van der Waals surface area contributed by atoms with Crippen LogP contribution in [-0.2, 0) is 9.47 Å². The summed E-state index contributed by atoms with van der Waals surface area (Å²) < 4.78 is 12.0. The Bertz CT molecular complexity index is 526. The van der Waals surface area contributed by atoms with Gasteiger partial charge in [0.25, 0.3) is 0 Å². The third-order valence-corrected chi connectivity index (χ3v) is 5.57. The Morgan fingerprint density at radius 3 is 2.73 bits per heavy atom. The van der Waals surface area contributed by atoms with Crippen LogP contribution in [0.25, 0.3) is 0 Å². The first-order valence-corrected chi connectivity index (χ1v) is 8.79. The number of ether oxygens (including phenoxy) is 2. The van der Waals surface area contributed by atoms with E-state index in [4.69, 9.17) is 9.47 Å². The molecule has 3 atom stereocenters. The molecule has 1 aliphatic carbocycles. The van der Waals surface area contributed by atoms with Gasteiger partial charge in [-0.1, -0.05) is 23.3 Å². The van der Waals surface area contributed by atoms with E-state index in [0.717, 1.165) is 32.3 Å². The maximum absolute atomic E-state index is 6.03. The van der Waals surface area contributed by atoms with E-state index in [9.17, 15) is 0 Å². The van der Waals surface area contributed by atoms with Gasteiger partial charge < -0.3 is 9.47 Å². The first-order chi connectivity index (χ1) is 10.5. The van der Waals surface area contributed by atoms with Crippen molar-refractivity contribution in [2.45, 2.75) is 84.0 Å². The molecule has 2 heterocycles. The second kappa shape index (κ2) is 6.33. The summed E-state index contributed by atoms with van der Waals surface area (Å²) >= 11 is 0. The molecule has 0 N–H and O–H groups in total. The molecule has 0 bridgehead atoms. The lowest BCUT2D eigenvalue weighted by Crippen LogP contribution is -2.14. The second-order valence-electron chi connectivity index (χ2n) is 7.60. The van der Waals surface area contributed by atoms with Crippen LogP contribution in [0, 0.1) is 0 Å². The maximum atomic E-state index is 6.03. The Labute approximate surface area is 135 Å². The summed E-state index contributed by atoms with van der Waals surface area (Å²) in [6.07, 6.45) is 12.3. The number of fused-ring (bicyclic) bond motifs is 2. The molecule has 0 radical (unpaired) electrons. The summed E-state index contributed by atoms with van der Waals surface area (Å²) in [5, 5.41) is 0. The molecule has 2 aliphatic heterocycles. The lowest BCUT2D eigenvalue weighted by atomic mass is 9.91. The minimum atomic E-state index is 0.101. The molecule has 0 aromatic carbocycles. The molecule has 2 heteroatoms. The smallest absolute Gasteiger partial charge is 0.0977 e. The Morgan fingerprint density at radius 1 is 1.09 bits per heavy atom. The van der Waals surface area contributed by atoms with E-state index in [-0.39, 0.29) is 11.7 Å². The summed E-state index contributed by atoms with van der Waals surface area (Å²) in [5.74, 6) is 0. The van der Waals surface area contributed by atoms with Crippen LogP contribution in [0.2, 0.25) is 0 Å². The fourth-order valence-electron chi connectivity index (χ4n) is 3.76. The van der Waals surface area contributed by atoms with Gasteiger partial charge in [0.1, 0.15) is 0 Å². The lowest BCUT2D eigenvalue weighted by Gasteiger charge is -2.15. The number of hydrogen-bond donors (Lipinski definition) is 0. The molecule has 122 valence electrons. The lowest BCUT2D eigenvalue weighted by molar-refractivity contribution is 0.150. The van der Waals surface area contributed by atoms with Gasteiger partial charge in [-0.2, -0.15) is 0 Å². The van der Waals surface area contributed by atoms with Gasteiger partial charge >= 0.3 is 0 Å². The first-order valence-electron chi connectivity index (χ1n) is 8.79. The van der Waals surface area contributed by atoms with Crippen molar-refractivity contribution in [3.63, 3.8) is 0 Å². The summed E-state index contributed by atoms with van der Waals surface area (Å²) in [7, 11) is 0. The highest BCUT2D eigenvalue weighted by atomic mass is 16.6. The summed E-state index contributed by atoms with van der Waals surface area (Å²) in [4.78, 5) is 0. The van der Waals surface area contributed by atoms with E-state index in [1.165, 1.54) is 35.1 Å². The Kier molecular flexibility index (Phi) is 4.61. The number of allylic oxidation sites excluding steroid dienone is 3. The fourth-order valence-corrected chi connectivity index (χ4v) is 3.76. The van der Waals surface area contributed by atoms with Gasteiger partial charge in [0.2, 0.25) is 0 Å². The molecule has 1 unspecified atom stereocenters. The van der Waals surface area contributed by atoms with E-state index in [2.05, 4.69) is 39.8 Å². The molecule has 0 aromatic heterocycles. The van der Waals surface area contributed by atoms with Crippen LogP contribution >= 0.6 is 0 Å². The third-order valence-electron chi connectivity index (χ3n) is 5.57. The molecule has 1 saturated heterocycles. The van der Waals surface area contributed by atoms with E-state index in [0.29, 0.717) is 6.10 Å². The second-order valence-corrected chi connectivity index (χ2v) is 7.60. The molecular formula is C20H30O2. The van der Waals surface area contributed by atoms with E-state index >= 15 is 0 Å². The van der Waals surface area contributed by atoms with Crippen LogP contribution in [0.4, 0.5) is 0 Å². The molecule has 3 aliphatic rings. The number of epoxide rings is 1. The Hall–Kier alpha value is -0.860. The van der Waals surface area contributed by atoms with Gasteiger partial charge in [-0.3, -0.25) is 0 Å². The van der Waals surface area contributed by atoms with Crippen LogP contribution in [0.15, 0.2) is 34.4 Å². The Morgan fingerprint density at radius 2 is 1.91 bits per heavy atom. The first kappa shape index (κ1) is 16.0. The topological polar surface area (TPSA) is 21.8 Å². The SMILES string of the molecule is CC1=C2CC[C@]3(C)OC3CC/C(C)=C/CC/C(C)=C/[C@@H]2OC1. The van der Waals surface area contributed by atoms with Crippen molar-refractivity contribution in [2.24, 2.45) is 0 Å². The van der Waals surface area contributed by atoms with Crippen LogP contribution in [0.5, 0.6) is 0 Å². The zero-order valence-corrected chi connectivity index (χ0v) is 14.6. The zero-order chi connectivity index (χ0) is 15.7. The Balaban J connectivity index is 1.78. The average molecular weight is 302 g/mol. The number of hydrogen-bond acceptors (Lipinski definition) is 2. The van der Waals surface area contributed by atoms with Crippen LogP contribution < -0.4 is 0 Å². The molecule has 1 fully saturated rings. The van der Waals surface area contributed by atoms with Crippen molar-refractivity contribution >= 4 is 0 Å². The van der Waals surface area contributed by atoms with Crippen molar-refractivity contribution in [3.8, 4) is 0 Å². The fraction of sp³-hybridized carbons (Fsp3) is 0.700. The van der Waals surface area contributed by atoms with Crippen molar-refractivity contribution in [2.75, 3.05) is 6.61 Å². The largest absolute Gasteiger partial charge is 0.366 e. The monoisotopic (exact) mass is 302 g/mol. The minimum absolute atomic E-state index is 0.101. The quantitative estimate of drug-likeness (QED) is 0.458. The highest BCUT2D eigenvalue weighted by Crippen LogP contribution is 2.45. The van der Waals surface area contributed by atoms with Crippen molar-refractivity contribution in [1.29, 1.82) is 0 Å². The van der Waals surface area contributed by atoms with Crippen molar-refractivity contribution in [3.05, 3.63) is 34.4 Å². The molecular weight excluding hydrogens is 272 g/mol. The highest BCUT2D eigenvalue weighted by molar-refractivity contribution is 5.28. The molecule has 22 heavy (non-hydrogen) atoms. The molecule has 3 rings (SSSR count). The summed E-state index contributed by atoms with van der Waals surface area (Å²) in [6.45, 7) is 9.80. The summed E-state index contributed by atoms with van der Waals surface area (Å²) in [5.41, 5.74) is 5.99. The minimum Gasteiger partial charge on any atom is -0.366 e. The van der Waals surface area contributed by atoms with E-state index < -0.39 is 0 Å². The van der Waals surface area contributed by atoms with Gasteiger partial charge in [0.15, 0.2) is 0 Å². The average Bonchev–Trinajstić information content (AvgIpc) is 2.99. The predicted octanol–water partition coefficient (Wildman–Crippen LogP) is 5.11. The maximum Gasteiger partial charge on any atom is 0.0977 e. The third kappa shape index (κ3) is 3.55. The van der Waals surface area contributed by atoms with Crippen LogP contribution in [0.3, 0.4) is 0 Å². The standard InChI is InChI=1S/C20H30O2/c1-14-6-5-7-15(2)12-18-17(16(3)13-21-18)10-11-20(4)19(22-20)9-8-14/h6,12,18-19H,5,7-11,13H2,1-4H3/b14-6+,15-12+/t18-,19?,20-/m0/s1. The van der Waals surface area contributed by atoms with Gasteiger partial charge in [-0.25, -0.2) is 0 Å². The molecule has 0 amide bonds. The highest BCUT2D eigenvalue weighted by Gasteiger charge is 2.51. The summed E-state index contributed by atoms with van der Waals surface area (Å²) in [6, 6.07) is 0. The van der Waals surface area contributed by atoms with Crippen molar-refractivity contribution in [1.82, 2.24) is 0 Å². The van der Waals surface area contributed by atoms with Crippen LogP contribution in [-0.4, -0.2) is 24.4 Å². The van der Waals surface area contributed by atoms with Gasteiger partial charge in [0.05, 0.1) is 24.4 Å². The molecule has 0 aromatic rings. The van der Waals surface area contributed by atoms with Crippen LogP contribution in [0.1, 0.15) is 66.2 Å². The van der Waals surface area contributed by atoms with Gasteiger partial charge in [-0.15, -0.1) is 0 Å². The molecule has 0 saturated carbocycles. The molecule has 0 spiro atoms. The van der Waals surface area contributed by atoms with E-state index in [1.807, 2.05) is 0 Å². The number of rotatable bonds is 0. The van der Waals surface area contributed by atoms with Gasteiger partial charge in [0, 0.05) is 0 Å². The zero-order valence-electron chi connectivity index (χ0n) is 14.6. The normalized spacial score (nSPS) is 41.6. The molecule has 2 nitrogen and oxygen atoms in total. The predicted molar refractivity (Wildman–Crippen MR) is 90.9 cm³/mol.